The maximum atomic E-state index is 11.8. The summed E-state index contributed by atoms with van der Waals surface area (Å²) in [5.74, 6) is 8.11. The van der Waals surface area contributed by atoms with E-state index in [1.165, 1.54) is 11.1 Å². The van der Waals surface area contributed by atoms with Gasteiger partial charge in [0.25, 0.3) is 0 Å². The third-order valence-electron chi connectivity index (χ3n) is 5.86. The number of rotatable bonds is 1. The standard InChI is InChI=1S/C22H18O2/c23-22-20-13-17-12-19(20)21(24-22)18(17)11-8-14-6-9-16(10-7-14)15-4-2-1-3-5-15/h1-7,9-10,17-21H,12-13H2/t17-,18-,19+,20-,21+/m1/s1. The van der Waals surface area contributed by atoms with Crippen LogP contribution in [0.25, 0.3) is 11.1 Å². The number of carbonyl (C=O) groups excluding carboxylic acids is 1. The van der Waals surface area contributed by atoms with E-state index < -0.39 is 0 Å². The van der Waals surface area contributed by atoms with Gasteiger partial charge in [-0.05, 0) is 42.0 Å². The van der Waals surface area contributed by atoms with E-state index in [1.807, 2.05) is 18.2 Å². The molecule has 0 N–H and O–H groups in total. The molecule has 0 amide bonds. The van der Waals surface area contributed by atoms with E-state index in [4.69, 9.17) is 4.74 Å². The Hall–Kier alpha value is -2.53. The highest BCUT2D eigenvalue weighted by Crippen LogP contribution is 2.57. The largest absolute Gasteiger partial charge is 0.460 e. The lowest BCUT2D eigenvalue weighted by Gasteiger charge is -2.20. The molecule has 3 fully saturated rings. The molecule has 0 spiro atoms. The third-order valence-corrected chi connectivity index (χ3v) is 5.86. The number of hydrogen-bond acceptors (Lipinski definition) is 2. The Balaban J connectivity index is 1.36. The summed E-state index contributed by atoms with van der Waals surface area (Å²) in [4.78, 5) is 11.8. The van der Waals surface area contributed by atoms with Crippen molar-refractivity contribution < 1.29 is 9.53 Å². The first-order chi connectivity index (χ1) is 11.8. The van der Waals surface area contributed by atoms with Crippen molar-refractivity contribution in [3.8, 4) is 23.0 Å². The zero-order chi connectivity index (χ0) is 16.1. The highest BCUT2D eigenvalue weighted by molar-refractivity contribution is 5.76. The van der Waals surface area contributed by atoms with E-state index in [0.29, 0.717) is 11.8 Å². The minimum atomic E-state index is 0.0176. The van der Waals surface area contributed by atoms with Crippen LogP contribution in [0.4, 0.5) is 0 Å². The minimum absolute atomic E-state index is 0.0176. The molecule has 24 heavy (non-hydrogen) atoms. The van der Waals surface area contributed by atoms with Gasteiger partial charge in [-0.25, -0.2) is 0 Å². The number of carbonyl (C=O) groups is 1. The van der Waals surface area contributed by atoms with Crippen molar-refractivity contribution in [2.24, 2.45) is 23.7 Å². The van der Waals surface area contributed by atoms with E-state index >= 15 is 0 Å². The van der Waals surface area contributed by atoms with Gasteiger partial charge in [0.15, 0.2) is 0 Å². The molecule has 3 aliphatic rings. The molecule has 0 aromatic heterocycles. The van der Waals surface area contributed by atoms with Gasteiger partial charge in [-0.2, -0.15) is 0 Å². The molecule has 2 aliphatic carbocycles. The first-order valence-corrected chi connectivity index (χ1v) is 8.67. The molecule has 2 aromatic carbocycles. The Morgan fingerprint density at radius 1 is 0.917 bits per heavy atom. The number of benzene rings is 2. The second kappa shape index (κ2) is 5.24. The van der Waals surface area contributed by atoms with Gasteiger partial charge in [-0.1, -0.05) is 54.3 Å². The summed E-state index contributed by atoms with van der Waals surface area (Å²) < 4.78 is 5.58. The fraction of sp³-hybridized carbons (Fsp3) is 0.318. The number of fused-ring (bicyclic) bond motifs is 1. The quantitative estimate of drug-likeness (QED) is 0.589. The van der Waals surface area contributed by atoms with Gasteiger partial charge in [0.1, 0.15) is 6.10 Å². The van der Waals surface area contributed by atoms with E-state index in [2.05, 4.69) is 48.2 Å². The third kappa shape index (κ3) is 2.08. The fourth-order valence-electron chi connectivity index (χ4n) is 4.70. The maximum Gasteiger partial charge on any atom is 0.309 e. The van der Waals surface area contributed by atoms with E-state index in [9.17, 15) is 4.79 Å². The van der Waals surface area contributed by atoms with Crippen LogP contribution in [0.3, 0.4) is 0 Å². The molecular formula is C22H18O2. The second-order valence-electron chi connectivity index (χ2n) is 7.14. The lowest BCUT2D eigenvalue weighted by Crippen LogP contribution is -2.25. The number of esters is 1. The normalized spacial score (nSPS) is 32.3. The SMILES string of the molecule is O=C1O[C@H]2[C@H](C#Cc3ccc(-c4ccccc4)cc3)[C@@H]3C[C@H]2[C@H]1C3. The van der Waals surface area contributed by atoms with Gasteiger partial charge in [0, 0.05) is 11.5 Å². The van der Waals surface area contributed by atoms with Crippen LogP contribution in [0, 0.1) is 35.5 Å². The molecule has 0 unspecified atom stereocenters. The Bertz CT molecular complexity index is 841. The second-order valence-corrected chi connectivity index (χ2v) is 7.14. The summed E-state index contributed by atoms with van der Waals surface area (Å²) in [6.07, 6.45) is 2.15. The summed E-state index contributed by atoms with van der Waals surface area (Å²) in [7, 11) is 0. The number of ether oxygens (including phenoxy) is 1. The molecule has 2 saturated carbocycles. The molecule has 5 rings (SSSR count). The molecule has 1 heterocycles. The number of hydrogen-bond donors (Lipinski definition) is 0. The van der Waals surface area contributed by atoms with Gasteiger partial charge in [0.2, 0.25) is 0 Å². The van der Waals surface area contributed by atoms with Crippen molar-refractivity contribution in [3.05, 3.63) is 60.2 Å². The molecule has 2 heteroatoms. The van der Waals surface area contributed by atoms with Crippen LogP contribution in [0.2, 0.25) is 0 Å². The summed E-state index contributed by atoms with van der Waals surface area (Å²) in [6.45, 7) is 0. The zero-order valence-electron chi connectivity index (χ0n) is 13.3. The average Bonchev–Trinajstić information content (AvgIpc) is 3.25. The molecule has 118 valence electrons. The van der Waals surface area contributed by atoms with Crippen LogP contribution in [-0.2, 0) is 9.53 Å². The van der Waals surface area contributed by atoms with Gasteiger partial charge < -0.3 is 4.74 Å². The Kier molecular flexibility index (Phi) is 3.03. The van der Waals surface area contributed by atoms with Gasteiger partial charge >= 0.3 is 5.97 Å². The summed E-state index contributed by atoms with van der Waals surface area (Å²) in [5, 5.41) is 0. The van der Waals surface area contributed by atoms with Crippen LogP contribution in [0.15, 0.2) is 54.6 Å². The van der Waals surface area contributed by atoms with Crippen molar-refractivity contribution >= 4 is 5.97 Å². The van der Waals surface area contributed by atoms with Crippen molar-refractivity contribution in [1.82, 2.24) is 0 Å². The van der Waals surface area contributed by atoms with Crippen molar-refractivity contribution in [2.45, 2.75) is 18.9 Å². The summed E-state index contributed by atoms with van der Waals surface area (Å²) >= 11 is 0. The molecule has 2 aromatic rings. The average molecular weight is 314 g/mol. The predicted molar refractivity (Wildman–Crippen MR) is 91.8 cm³/mol. The predicted octanol–water partition coefficient (Wildman–Crippen LogP) is 3.90. The van der Waals surface area contributed by atoms with Gasteiger partial charge in [-0.15, -0.1) is 0 Å². The fourth-order valence-corrected chi connectivity index (χ4v) is 4.70. The van der Waals surface area contributed by atoms with Crippen molar-refractivity contribution in [2.75, 3.05) is 0 Å². The first-order valence-electron chi connectivity index (χ1n) is 8.67. The molecular weight excluding hydrogens is 296 g/mol. The van der Waals surface area contributed by atoms with Crippen LogP contribution < -0.4 is 0 Å². The lowest BCUT2D eigenvalue weighted by molar-refractivity contribution is -0.143. The summed E-state index contributed by atoms with van der Waals surface area (Å²) in [5.41, 5.74) is 3.45. The first kappa shape index (κ1) is 13.9. The Labute approximate surface area is 141 Å². The Morgan fingerprint density at radius 2 is 1.67 bits per heavy atom. The van der Waals surface area contributed by atoms with Crippen LogP contribution in [-0.4, -0.2) is 12.1 Å². The van der Waals surface area contributed by atoms with Gasteiger partial charge in [0.05, 0.1) is 11.8 Å². The highest BCUT2D eigenvalue weighted by atomic mass is 16.6. The molecule has 2 nitrogen and oxygen atoms in total. The Morgan fingerprint density at radius 3 is 2.46 bits per heavy atom. The van der Waals surface area contributed by atoms with Crippen molar-refractivity contribution in [1.29, 1.82) is 0 Å². The smallest absolute Gasteiger partial charge is 0.309 e. The molecule has 2 bridgehead atoms. The lowest BCUT2D eigenvalue weighted by atomic mass is 9.82. The van der Waals surface area contributed by atoms with E-state index in [-0.39, 0.29) is 23.9 Å². The molecule has 5 atom stereocenters. The summed E-state index contributed by atoms with van der Waals surface area (Å²) in [6, 6.07) is 18.7. The molecule has 1 aliphatic heterocycles. The van der Waals surface area contributed by atoms with Gasteiger partial charge in [-0.3, -0.25) is 4.79 Å². The van der Waals surface area contributed by atoms with Crippen LogP contribution in [0.1, 0.15) is 18.4 Å². The molecule has 0 radical (unpaired) electrons. The van der Waals surface area contributed by atoms with E-state index in [0.717, 1.165) is 18.4 Å². The maximum absolute atomic E-state index is 11.8. The minimum Gasteiger partial charge on any atom is -0.460 e. The molecule has 1 saturated heterocycles. The van der Waals surface area contributed by atoms with Crippen LogP contribution >= 0.6 is 0 Å². The van der Waals surface area contributed by atoms with Crippen molar-refractivity contribution in [3.63, 3.8) is 0 Å². The van der Waals surface area contributed by atoms with E-state index in [1.54, 1.807) is 0 Å². The van der Waals surface area contributed by atoms with Crippen LogP contribution in [0.5, 0.6) is 0 Å². The monoisotopic (exact) mass is 314 g/mol. The highest BCUT2D eigenvalue weighted by Gasteiger charge is 2.61. The topological polar surface area (TPSA) is 26.3 Å². The zero-order valence-corrected chi connectivity index (χ0v) is 13.3.